The molecule has 0 amide bonds. The molecule has 1 heterocycles. The van der Waals surface area contributed by atoms with E-state index in [-0.39, 0.29) is 17.5 Å². The molecule has 18 heavy (non-hydrogen) atoms. The summed E-state index contributed by atoms with van der Waals surface area (Å²) in [4.78, 5) is 14.6. The van der Waals surface area contributed by atoms with Crippen LogP contribution in [0.4, 0.5) is 4.39 Å². The van der Waals surface area contributed by atoms with Crippen LogP contribution < -0.4 is 4.74 Å². The van der Waals surface area contributed by atoms with Crippen molar-refractivity contribution in [2.75, 3.05) is 0 Å². The molecule has 0 saturated carbocycles. The van der Waals surface area contributed by atoms with Crippen LogP contribution in [0.1, 0.15) is 17.4 Å². The van der Waals surface area contributed by atoms with E-state index in [1.54, 1.807) is 6.07 Å². The van der Waals surface area contributed by atoms with Gasteiger partial charge in [0.05, 0.1) is 0 Å². The maximum absolute atomic E-state index is 13.0. The van der Waals surface area contributed by atoms with Crippen LogP contribution in [0.5, 0.6) is 11.8 Å². The van der Waals surface area contributed by atoms with Crippen molar-refractivity contribution < 1.29 is 19.0 Å². The Kier molecular flexibility index (Phi) is 3.27. The molecular formula is C12H11FN2O3. The summed E-state index contributed by atoms with van der Waals surface area (Å²) in [5.74, 6) is -1.29. The predicted octanol–water partition coefficient (Wildman–Crippen LogP) is 2.53. The number of hydrogen-bond acceptors (Lipinski definition) is 3. The minimum atomic E-state index is -1.13. The monoisotopic (exact) mass is 250 g/mol. The van der Waals surface area contributed by atoms with Crippen molar-refractivity contribution in [1.29, 1.82) is 0 Å². The van der Waals surface area contributed by atoms with Gasteiger partial charge in [-0.15, -0.1) is 0 Å². The Hall–Kier alpha value is -2.37. The second kappa shape index (κ2) is 4.87. The van der Waals surface area contributed by atoms with Gasteiger partial charge >= 0.3 is 12.0 Å². The highest BCUT2D eigenvalue weighted by molar-refractivity contribution is 5.85. The minimum Gasteiger partial charge on any atom is -0.476 e. The van der Waals surface area contributed by atoms with Crippen molar-refractivity contribution in [3.8, 4) is 11.8 Å². The van der Waals surface area contributed by atoms with Gasteiger partial charge in [0.2, 0.25) is 0 Å². The first-order valence-corrected chi connectivity index (χ1v) is 5.34. The number of carboxylic acids is 1. The molecule has 2 aromatic rings. The number of halogens is 1. The Morgan fingerprint density at radius 3 is 2.94 bits per heavy atom. The van der Waals surface area contributed by atoms with Gasteiger partial charge in [-0.05, 0) is 19.1 Å². The van der Waals surface area contributed by atoms with Gasteiger partial charge in [-0.1, -0.05) is 6.07 Å². The van der Waals surface area contributed by atoms with E-state index >= 15 is 0 Å². The first-order valence-electron chi connectivity index (χ1n) is 5.34. The Morgan fingerprint density at radius 2 is 2.33 bits per heavy atom. The fraction of sp³-hybridized carbons (Fsp3) is 0.167. The summed E-state index contributed by atoms with van der Waals surface area (Å²) < 4.78 is 19.9. The molecule has 0 atom stereocenters. The van der Waals surface area contributed by atoms with Crippen molar-refractivity contribution >= 4 is 5.97 Å². The van der Waals surface area contributed by atoms with Crippen LogP contribution in [-0.4, -0.2) is 20.6 Å². The summed E-state index contributed by atoms with van der Waals surface area (Å²) in [6, 6.07) is 5.69. The maximum atomic E-state index is 13.0. The van der Waals surface area contributed by atoms with E-state index in [4.69, 9.17) is 9.84 Å². The van der Waals surface area contributed by atoms with Crippen molar-refractivity contribution in [2.45, 2.75) is 13.5 Å². The van der Waals surface area contributed by atoms with Gasteiger partial charge in [-0.2, -0.15) is 4.98 Å². The molecule has 6 heteroatoms. The molecule has 1 N–H and O–H groups in total. The zero-order chi connectivity index (χ0) is 13.1. The SMILES string of the molecule is CCn1cc(C(=O)O)nc1Oc1cccc(F)c1. The van der Waals surface area contributed by atoms with Gasteiger partial charge in [-0.25, -0.2) is 9.18 Å². The Balaban J connectivity index is 2.30. The number of carboxylic acid groups (broad SMARTS) is 1. The van der Waals surface area contributed by atoms with Gasteiger partial charge < -0.3 is 14.4 Å². The number of aromatic nitrogens is 2. The molecule has 5 nitrogen and oxygen atoms in total. The highest BCUT2D eigenvalue weighted by Gasteiger charge is 2.14. The van der Waals surface area contributed by atoms with Crippen LogP contribution >= 0.6 is 0 Å². The lowest BCUT2D eigenvalue weighted by atomic mass is 10.3. The van der Waals surface area contributed by atoms with Crippen LogP contribution in [0, 0.1) is 5.82 Å². The Bertz CT molecular complexity index is 580. The topological polar surface area (TPSA) is 64.4 Å². The first-order chi connectivity index (χ1) is 8.60. The molecule has 1 aromatic heterocycles. The van der Waals surface area contributed by atoms with Gasteiger partial charge in [0.1, 0.15) is 11.6 Å². The number of aryl methyl sites for hydroxylation is 1. The van der Waals surface area contributed by atoms with E-state index < -0.39 is 11.8 Å². The van der Waals surface area contributed by atoms with Gasteiger partial charge in [-0.3, -0.25) is 0 Å². The molecule has 0 fully saturated rings. The smallest absolute Gasteiger partial charge is 0.356 e. The molecule has 0 unspecified atom stereocenters. The quantitative estimate of drug-likeness (QED) is 0.905. The van der Waals surface area contributed by atoms with Crippen molar-refractivity contribution in [3.05, 3.63) is 42.0 Å². The third-order valence-electron chi connectivity index (χ3n) is 2.30. The number of rotatable bonds is 4. The van der Waals surface area contributed by atoms with E-state index in [0.29, 0.717) is 6.54 Å². The standard InChI is InChI=1S/C12H11FN2O3/c1-2-15-7-10(11(16)17)14-12(15)18-9-5-3-4-8(13)6-9/h3-7H,2H2,1H3,(H,16,17). The third kappa shape index (κ3) is 2.48. The van der Waals surface area contributed by atoms with Crippen LogP contribution in [0.3, 0.4) is 0 Å². The van der Waals surface area contributed by atoms with Crippen LogP contribution in [-0.2, 0) is 6.54 Å². The molecule has 0 spiro atoms. The summed E-state index contributed by atoms with van der Waals surface area (Å²) in [6.45, 7) is 2.33. The van der Waals surface area contributed by atoms with Crippen LogP contribution in [0.15, 0.2) is 30.5 Å². The van der Waals surface area contributed by atoms with Gasteiger partial charge in [0.25, 0.3) is 0 Å². The summed E-state index contributed by atoms with van der Waals surface area (Å²) in [5.41, 5.74) is -0.108. The third-order valence-corrected chi connectivity index (χ3v) is 2.30. The molecular weight excluding hydrogens is 239 g/mol. The summed E-state index contributed by atoms with van der Waals surface area (Å²) >= 11 is 0. The minimum absolute atomic E-state index is 0.108. The predicted molar refractivity (Wildman–Crippen MR) is 61.3 cm³/mol. The highest BCUT2D eigenvalue weighted by Crippen LogP contribution is 2.21. The Labute approximate surface area is 102 Å². The number of hydrogen-bond donors (Lipinski definition) is 1. The molecule has 0 saturated heterocycles. The van der Waals surface area contributed by atoms with Gasteiger partial charge in [0.15, 0.2) is 5.69 Å². The van der Waals surface area contributed by atoms with Crippen LogP contribution in [0.2, 0.25) is 0 Å². The van der Waals surface area contributed by atoms with E-state index in [0.717, 1.165) is 0 Å². The van der Waals surface area contributed by atoms with E-state index in [2.05, 4.69) is 4.98 Å². The van der Waals surface area contributed by atoms with E-state index in [9.17, 15) is 9.18 Å². The number of aromatic carboxylic acids is 1. The lowest BCUT2D eigenvalue weighted by Gasteiger charge is -2.05. The first kappa shape index (κ1) is 12.1. The molecule has 1 aromatic carbocycles. The zero-order valence-corrected chi connectivity index (χ0v) is 9.63. The van der Waals surface area contributed by atoms with Crippen molar-refractivity contribution in [3.63, 3.8) is 0 Å². The number of benzene rings is 1. The Morgan fingerprint density at radius 1 is 1.56 bits per heavy atom. The van der Waals surface area contributed by atoms with Crippen molar-refractivity contribution in [1.82, 2.24) is 9.55 Å². The molecule has 0 radical (unpaired) electrons. The molecule has 2 rings (SSSR count). The average Bonchev–Trinajstić information content (AvgIpc) is 2.72. The lowest BCUT2D eigenvalue weighted by Crippen LogP contribution is -1.97. The number of carbonyl (C=O) groups is 1. The second-order valence-corrected chi connectivity index (χ2v) is 3.56. The van der Waals surface area contributed by atoms with E-state index in [1.807, 2.05) is 6.92 Å². The summed E-state index contributed by atoms with van der Waals surface area (Å²) in [6.07, 6.45) is 1.37. The van der Waals surface area contributed by atoms with E-state index in [1.165, 1.54) is 29.0 Å². The normalized spacial score (nSPS) is 10.3. The molecule has 0 bridgehead atoms. The second-order valence-electron chi connectivity index (χ2n) is 3.56. The molecule has 0 aliphatic heterocycles. The molecule has 0 aliphatic rings. The molecule has 0 aliphatic carbocycles. The maximum Gasteiger partial charge on any atom is 0.356 e. The number of nitrogens with zero attached hydrogens (tertiary/aromatic N) is 2. The van der Waals surface area contributed by atoms with Gasteiger partial charge in [0, 0.05) is 18.8 Å². The average molecular weight is 250 g/mol. The van der Waals surface area contributed by atoms with Crippen molar-refractivity contribution in [2.24, 2.45) is 0 Å². The number of imidazole rings is 1. The highest BCUT2D eigenvalue weighted by atomic mass is 19.1. The fourth-order valence-corrected chi connectivity index (χ4v) is 1.45. The summed E-state index contributed by atoms with van der Waals surface area (Å²) in [5, 5.41) is 8.84. The summed E-state index contributed by atoms with van der Waals surface area (Å²) in [7, 11) is 0. The van der Waals surface area contributed by atoms with Crippen LogP contribution in [0.25, 0.3) is 0 Å². The zero-order valence-electron chi connectivity index (χ0n) is 9.63. The fourth-order valence-electron chi connectivity index (χ4n) is 1.45. The molecule has 94 valence electrons. The lowest BCUT2D eigenvalue weighted by molar-refractivity contribution is 0.0690. The largest absolute Gasteiger partial charge is 0.476 e. The number of ether oxygens (including phenoxy) is 1.